The highest BCUT2D eigenvalue weighted by Crippen LogP contribution is 2.03. The lowest BCUT2D eigenvalue weighted by Crippen LogP contribution is -2.37. The number of nitrogens with zero attached hydrogens (tertiary/aromatic N) is 2. The molecule has 1 rings (SSSR count). The van der Waals surface area contributed by atoms with E-state index in [-0.39, 0.29) is 5.97 Å². The molecule has 0 bridgehead atoms. The molecule has 1 aromatic rings. The number of esters is 1. The molecule has 0 spiro atoms. The second kappa shape index (κ2) is 3.83. The van der Waals surface area contributed by atoms with Crippen molar-refractivity contribution in [1.29, 1.82) is 0 Å². The van der Waals surface area contributed by atoms with Crippen LogP contribution in [0.3, 0.4) is 0 Å². The molecule has 6 heteroatoms. The van der Waals surface area contributed by atoms with E-state index < -0.39 is 0 Å². The Labute approximate surface area is 83.2 Å². The molecular weight excluding hydrogens is 273 g/mol. The number of hydrogen-bond donors (Lipinski definition) is 1. The summed E-state index contributed by atoms with van der Waals surface area (Å²) < 4.78 is 6.97. The Hall–Kier alpha value is -0.660. The molecule has 0 saturated heterocycles. The predicted molar refractivity (Wildman–Crippen MR) is 48.4 cm³/mol. The van der Waals surface area contributed by atoms with E-state index in [1.54, 1.807) is 14.0 Å². The molecule has 0 atom stereocenters. The molecule has 0 aliphatic carbocycles. The molecule has 1 aromatic heterocycles. The number of carbonyl (C=O) groups excluding carboxylic acids is 1. The lowest BCUT2D eigenvalue weighted by molar-refractivity contribution is -0.732. The van der Waals surface area contributed by atoms with Crippen LogP contribution in [0, 0.1) is 3.70 Å². The first-order valence-electron chi connectivity index (χ1n) is 3.43. The number of rotatable bonds is 2. The van der Waals surface area contributed by atoms with E-state index in [0.717, 1.165) is 0 Å². The van der Waals surface area contributed by atoms with E-state index in [1.165, 1.54) is 4.68 Å². The van der Waals surface area contributed by atoms with Gasteiger partial charge in [0.1, 0.15) is 7.05 Å². The number of hydrogen-bond acceptors (Lipinski definition) is 3. The van der Waals surface area contributed by atoms with Crippen LogP contribution in [0.2, 0.25) is 0 Å². The van der Waals surface area contributed by atoms with E-state index in [2.05, 4.69) is 10.3 Å². The average Bonchev–Trinajstić information content (AvgIpc) is 2.32. The Morgan fingerprint density at radius 1 is 1.83 bits per heavy atom. The minimum Gasteiger partial charge on any atom is -0.460 e. The normalized spacial score (nSPS) is 9.92. The Bertz CT molecular complexity index is 277. The molecule has 0 fully saturated rings. The number of ether oxygens (including phenoxy) is 1. The third kappa shape index (κ3) is 1.74. The van der Waals surface area contributed by atoms with Crippen LogP contribution < -0.4 is 4.68 Å². The van der Waals surface area contributed by atoms with Gasteiger partial charge in [0.05, 0.1) is 11.7 Å². The number of carbonyl (C=O) groups is 1. The molecule has 1 N–H and O–H groups in total. The maximum absolute atomic E-state index is 11.2. The smallest absolute Gasteiger partial charge is 0.385 e. The number of aryl methyl sites for hydroxylation is 1. The van der Waals surface area contributed by atoms with Crippen molar-refractivity contribution in [3.63, 3.8) is 0 Å². The van der Waals surface area contributed by atoms with Crippen LogP contribution in [0.4, 0.5) is 0 Å². The molecule has 0 saturated carbocycles. The third-order valence-corrected chi connectivity index (χ3v) is 2.05. The van der Waals surface area contributed by atoms with Crippen LogP contribution in [0.5, 0.6) is 0 Å². The molecule has 0 unspecified atom stereocenters. The summed E-state index contributed by atoms with van der Waals surface area (Å²) in [4.78, 5) is 11.2. The van der Waals surface area contributed by atoms with Gasteiger partial charge >= 0.3 is 5.97 Å². The lowest BCUT2D eigenvalue weighted by Gasteiger charge is -1.95. The van der Waals surface area contributed by atoms with Crippen molar-refractivity contribution in [3.05, 3.63) is 9.39 Å². The van der Waals surface area contributed by atoms with Crippen molar-refractivity contribution >= 4 is 28.6 Å². The number of halogens is 1. The largest absolute Gasteiger partial charge is 0.460 e. The summed E-state index contributed by atoms with van der Waals surface area (Å²) >= 11 is 1.97. The highest BCUT2D eigenvalue weighted by atomic mass is 127. The van der Waals surface area contributed by atoms with Gasteiger partial charge in [0.15, 0.2) is 0 Å². The maximum atomic E-state index is 11.2. The summed E-state index contributed by atoms with van der Waals surface area (Å²) in [7, 11) is 1.71. The van der Waals surface area contributed by atoms with Gasteiger partial charge in [0, 0.05) is 22.6 Å². The fourth-order valence-electron chi connectivity index (χ4n) is 0.781. The fourth-order valence-corrected chi connectivity index (χ4v) is 1.47. The Kier molecular flexibility index (Phi) is 3.01. The summed E-state index contributed by atoms with van der Waals surface area (Å²) in [6.07, 6.45) is 0. The topological polar surface area (TPSA) is 58.9 Å². The first kappa shape index (κ1) is 9.43. The van der Waals surface area contributed by atoms with Crippen LogP contribution in [0.15, 0.2) is 0 Å². The molecule has 0 aromatic carbocycles. The van der Waals surface area contributed by atoms with Crippen molar-refractivity contribution in [2.45, 2.75) is 6.92 Å². The van der Waals surface area contributed by atoms with Crippen molar-refractivity contribution in [2.75, 3.05) is 6.61 Å². The van der Waals surface area contributed by atoms with Gasteiger partial charge in [-0.1, -0.05) is 5.21 Å². The monoisotopic (exact) mass is 282 g/mol. The summed E-state index contributed by atoms with van der Waals surface area (Å²) in [5, 5.41) is 6.48. The number of aromatic amines is 1. The van der Waals surface area contributed by atoms with Gasteiger partial charge in [-0.2, -0.15) is 4.68 Å². The van der Waals surface area contributed by atoms with Crippen LogP contribution in [-0.4, -0.2) is 22.9 Å². The van der Waals surface area contributed by atoms with Gasteiger partial charge in [-0.15, -0.1) is 0 Å². The van der Waals surface area contributed by atoms with Crippen molar-refractivity contribution in [3.8, 4) is 0 Å². The predicted octanol–water partition coefficient (Wildman–Crippen LogP) is 0.0155. The Morgan fingerprint density at radius 3 is 2.92 bits per heavy atom. The van der Waals surface area contributed by atoms with Crippen LogP contribution >= 0.6 is 22.6 Å². The molecule has 0 aliphatic heterocycles. The van der Waals surface area contributed by atoms with Gasteiger partial charge in [0.2, 0.25) is 0 Å². The van der Waals surface area contributed by atoms with E-state index in [1.807, 2.05) is 22.6 Å². The minimum atomic E-state index is -0.349. The van der Waals surface area contributed by atoms with Crippen LogP contribution in [0.25, 0.3) is 0 Å². The zero-order valence-electron chi connectivity index (χ0n) is 6.80. The van der Waals surface area contributed by atoms with Gasteiger partial charge in [0.25, 0.3) is 9.39 Å². The van der Waals surface area contributed by atoms with Gasteiger partial charge in [-0.3, -0.25) is 0 Å². The zero-order valence-corrected chi connectivity index (χ0v) is 8.95. The quantitative estimate of drug-likeness (QED) is 0.472. The minimum absolute atomic E-state index is 0.349. The third-order valence-electron chi connectivity index (χ3n) is 1.30. The van der Waals surface area contributed by atoms with Crippen molar-refractivity contribution in [2.24, 2.45) is 7.05 Å². The van der Waals surface area contributed by atoms with Gasteiger partial charge < -0.3 is 4.74 Å². The molecule has 0 aliphatic rings. The average molecular weight is 282 g/mol. The summed E-state index contributed by atoms with van der Waals surface area (Å²) in [5.74, 6) is -0.349. The highest BCUT2D eigenvalue weighted by Gasteiger charge is 2.25. The van der Waals surface area contributed by atoms with Gasteiger partial charge in [-0.25, -0.2) is 4.79 Å². The first-order valence-corrected chi connectivity index (χ1v) is 4.51. The fraction of sp³-hybridized carbons (Fsp3) is 0.500. The van der Waals surface area contributed by atoms with Crippen LogP contribution in [0.1, 0.15) is 17.4 Å². The maximum Gasteiger partial charge on any atom is 0.385 e. The standard InChI is InChI=1S/C6H8IN3O2/c1-3-12-6(11)4-5(7)8-9-10(4)2/h3H2,1-2H3/p+1. The lowest BCUT2D eigenvalue weighted by atomic mass is 10.5. The number of H-pyrrole nitrogens is 1. The molecule has 5 nitrogen and oxygen atoms in total. The van der Waals surface area contributed by atoms with Gasteiger partial charge in [-0.05, 0) is 6.92 Å². The van der Waals surface area contributed by atoms with E-state index in [4.69, 9.17) is 4.74 Å². The number of aromatic nitrogens is 3. The Balaban J connectivity index is 2.93. The van der Waals surface area contributed by atoms with E-state index in [9.17, 15) is 4.79 Å². The molecule has 1 heterocycles. The summed E-state index contributed by atoms with van der Waals surface area (Å²) in [6.45, 7) is 2.14. The molecule has 0 radical (unpaired) electrons. The van der Waals surface area contributed by atoms with Crippen molar-refractivity contribution in [1.82, 2.24) is 10.3 Å². The molecular formula is C6H9IN3O2+. The zero-order chi connectivity index (χ0) is 9.14. The number of nitrogens with one attached hydrogen (secondary N) is 1. The molecule has 66 valence electrons. The first-order chi connectivity index (χ1) is 5.66. The molecule has 0 amide bonds. The second-order valence-electron chi connectivity index (χ2n) is 2.13. The van der Waals surface area contributed by atoms with Crippen molar-refractivity contribution < 1.29 is 14.2 Å². The molecule has 12 heavy (non-hydrogen) atoms. The SMILES string of the molecule is CCOC(=O)c1c(I)n[nH][n+]1C. The van der Waals surface area contributed by atoms with E-state index in [0.29, 0.717) is 16.0 Å². The van der Waals surface area contributed by atoms with E-state index >= 15 is 0 Å². The highest BCUT2D eigenvalue weighted by molar-refractivity contribution is 14.1. The van der Waals surface area contributed by atoms with Crippen LogP contribution in [-0.2, 0) is 11.8 Å². The Morgan fingerprint density at radius 2 is 2.50 bits per heavy atom. The second-order valence-corrected chi connectivity index (χ2v) is 3.15. The summed E-state index contributed by atoms with van der Waals surface area (Å²) in [6, 6.07) is 0. The summed E-state index contributed by atoms with van der Waals surface area (Å²) in [5.41, 5.74) is 0.456.